The van der Waals surface area contributed by atoms with Gasteiger partial charge in [0.2, 0.25) is 0 Å². The molecule has 66 valence electrons. The summed E-state index contributed by atoms with van der Waals surface area (Å²) in [7, 11) is 0. The molecule has 0 amide bonds. The van der Waals surface area contributed by atoms with E-state index < -0.39 is 0 Å². The molecule has 0 aliphatic rings. The minimum absolute atomic E-state index is 0.973. The molecular formula is C10H19Br. The van der Waals surface area contributed by atoms with E-state index in [2.05, 4.69) is 29.4 Å². The Morgan fingerprint density at radius 1 is 1.18 bits per heavy atom. The van der Waals surface area contributed by atoms with E-state index in [0.29, 0.717) is 0 Å². The Labute approximate surface area is 79.2 Å². The maximum atomic E-state index is 3.94. The lowest BCUT2D eigenvalue weighted by Gasteiger charge is -2.00. The van der Waals surface area contributed by atoms with E-state index in [9.17, 15) is 0 Å². The lowest BCUT2D eigenvalue weighted by molar-refractivity contribution is 0.631. The number of halogens is 1. The molecule has 0 aliphatic heterocycles. The van der Waals surface area contributed by atoms with Gasteiger partial charge < -0.3 is 0 Å². The van der Waals surface area contributed by atoms with E-state index in [-0.39, 0.29) is 0 Å². The summed E-state index contributed by atoms with van der Waals surface area (Å²) < 4.78 is 0. The van der Waals surface area contributed by atoms with Gasteiger partial charge in [0.05, 0.1) is 0 Å². The molecule has 0 rings (SSSR count). The summed E-state index contributed by atoms with van der Waals surface area (Å²) in [4.78, 5) is 0. The molecule has 1 heteroatoms. The molecule has 0 heterocycles. The van der Waals surface area contributed by atoms with Crippen LogP contribution in [0.2, 0.25) is 0 Å². The highest BCUT2D eigenvalue weighted by Gasteiger charge is 1.91. The van der Waals surface area contributed by atoms with Crippen LogP contribution in [0.15, 0.2) is 12.2 Å². The molecule has 0 fully saturated rings. The summed E-state index contributed by atoms with van der Waals surface area (Å²) in [5.74, 6) is 0. The van der Waals surface area contributed by atoms with Gasteiger partial charge in [0.1, 0.15) is 0 Å². The van der Waals surface area contributed by atoms with Gasteiger partial charge in [-0.15, -0.1) is 0 Å². The number of hydrogen-bond donors (Lipinski definition) is 0. The zero-order valence-electron chi connectivity index (χ0n) is 7.53. The summed E-state index contributed by atoms with van der Waals surface area (Å²) in [5.41, 5.74) is 1.33. The normalized spacial score (nSPS) is 10.0. The third-order valence-corrected chi connectivity index (χ3v) is 2.62. The molecule has 0 aromatic carbocycles. The van der Waals surface area contributed by atoms with E-state index in [4.69, 9.17) is 0 Å². The zero-order valence-corrected chi connectivity index (χ0v) is 9.12. The van der Waals surface area contributed by atoms with Crippen LogP contribution in [0, 0.1) is 0 Å². The quantitative estimate of drug-likeness (QED) is 0.340. The van der Waals surface area contributed by atoms with Crippen molar-refractivity contribution in [3.8, 4) is 0 Å². The van der Waals surface area contributed by atoms with Crippen LogP contribution < -0.4 is 0 Å². The predicted octanol–water partition coefficient (Wildman–Crippen LogP) is 4.30. The largest absolute Gasteiger partial charge is 0.0990 e. The average molecular weight is 219 g/mol. The topological polar surface area (TPSA) is 0 Å². The van der Waals surface area contributed by atoms with Crippen LogP contribution in [-0.4, -0.2) is 5.33 Å². The van der Waals surface area contributed by atoms with E-state index in [0.717, 1.165) is 5.33 Å². The average Bonchev–Trinajstić information content (AvgIpc) is 2.04. The van der Waals surface area contributed by atoms with Crippen molar-refractivity contribution in [1.82, 2.24) is 0 Å². The Morgan fingerprint density at radius 3 is 2.36 bits per heavy atom. The molecule has 0 nitrogen and oxygen atoms in total. The van der Waals surface area contributed by atoms with Crippen molar-refractivity contribution >= 4 is 15.9 Å². The Kier molecular flexibility index (Phi) is 8.48. The van der Waals surface area contributed by atoms with Crippen LogP contribution >= 0.6 is 15.9 Å². The van der Waals surface area contributed by atoms with Crippen LogP contribution in [0.4, 0.5) is 0 Å². The summed E-state index contributed by atoms with van der Waals surface area (Å²) in [6, 6.07) is 0. The van der Waals surface area contributed by atoms with Crippen molar-refractivity contribution in [2.45, 2.75) is 45.4 Å². The Morgan fingerprint density at radius 2 is 1.82 bits per heavy atom. The van der Waals surface area contributed by atoms with Gasteiger partial charge in [-0.3, -0.25) is 0 Å². The molecule has 11 heavy (non-hydrogen) atoms. The molecule has 0 unspecified atom stereocenters. The van der Waals surface area contributed by atoms with Crippen LogP contribution in [-0.2, 0) is 0 Å². The molecule has 0 bridgehead atoms. The summed E-state index contributed by atoms with van der Waals surface area (Å²) >= 11 is 3.40. The van der Waals surface area contributed by atoms with Crippen LogP contribution in [0.5, 0.6) is 0 Å². The van der Waals surface area contributed by atoms with Crippen LogP contribution in [0.25, 0.3) is 0 Å². The van der Waals surface area contributed by atoms with Crippen LogP contribution in [0.1, 0.15) is 45.4 Å². The Balaban J connectivity index is 2.95. The third kappa shape index (κ3) is 8.12. The second kappa shape index (κ2) is 8.32. The van der Waals surface area contributed by atoms with E-state index in [1.807, 2.05) is 0 Å². The first kappa shape index (κ1) is 11.2. The number of allylic oxidation sites excluding steroid dienone is 1. The van der Waals surface area contributed by atoms with Gasteiger partial charge in [0.15, 0.2) is 0 Å². The first-order valence-corrected chi connectivity index (χ1v) is 5.66. The second-order valence-electron chi connectivity index (χ2n) is 3.05. The van der Waals surface area contributed by atoms with Crippen LogP contribution in [0.3, 0.4) is 0 Å². The molecule has 0 aliphatic carbocycles. The number of alkyl halides is 1. The van der Waals surface area contributed by atoms with Gasteiger partial charge in [-0.1, -0.05) is 60.7 Å². The Bertz CT molecular complexity index is 97.0. The SMILES string of the molecule is C=C(CBr)CCCCCCC. The Hall–Kier alpha value is 0.220. The van der Waals surface area contributed by atoms with Gasteiger partial charge in [-0.25, -0.2) is 0 Å². The van der Waals surface area contributed by atoms with E-state index in [1.165, 1.54) is 44.1 Å². The number of hydrogen-bond acceptors (Lipinski definition) is 0. The van der Waals surface area contributed by atoms with Gasteiger partial charge in [0.25, 0.3) is 0 Å². The fourth-order valence-electron chi connectivity index (χ4n) is 1.05. The minimum atomic E-state index is 0.973. The highest BCUT2D eigenvalue weighted by Crippen LogP contribution is 2.10. The third-order valence-electron chi connectivity index (χ3n) is 1.82. The highest BCUT2D eigenvalue weighted by molar-refractivity contribution is 9.09. The van der Waals surface area contributed by atoms with Crippen molar-refractivity contribution in [2.75, 3.05) is 5.33 Å². The molecule has 0 aromatic heterocycles. The smallest absolute Gasteiger partial charge is 0.0239 e. The molecule has 0 N–H and O–H groups in total. The second-order valence-corrected chi connectivity index (χ2v) is 3.61. The minimum Gasteiger partial charge on any atom is -0.0990 e. The molecule has 0 aromatic rings. The van der Waals surface area contributed by atoms with Gasteiger partial charge in [-0.05, 0) is 12.8 Å². The fourth-order valence-corrected chi connectivity index (χ4v) is 1.33. The summed E-state index contributed by atoms with van der Waals surface area (Å²) in [6.07, 6.45) is 8.02. The molecule has 0 saturated carbocycles. The first-order chi connectivity index (χ1) is 5.31. The standard InChI is InChI=1S/C10H19Br/c1-3-4-5-6-7-8-10(2)9-11/h2-9H2,1H3. The van der Waals surface area contributed by atoms with Crippen molar-refractivity contribution in [1.29, 1.82) is 0 Å². The first-order valence-electron chi connectivity index (χ1n) is 4.54. The lowest BCUT2D eigenvalue weighted by Crippen LogP contribution is -1.83. The lowest BCUT2D eigenvalue weighted by atomic mass is 10.1. The maximum Gasteiger partial charge on any atom is 0.0239 e. The maximum absolute atomic E-state index is 3.94. The number of rotatable bonds is 7. The number of unbranched alkanes of at least 4 members (excludes halogenated alkanes) is 4. The van der Waals surface area contributed by atoms with Gasteiger partial charge in [-0.2, -0.15) is 0 Å². The molecule has 0 saturated heterocycles. The van der Waals surface area contributed by atoms with E-state index in [1.54, 1.807) is 0 Å². The van der Waals surface area contributed by atoms with Gasteiger partial charge in [0, 0.05) is 5.33 Å². The summed E-state index contributed by atoms with van der Waals surface area (Å²) in [6.45, 7) is 6.19. The molecular weight excluding hydrogens is 200 g/mol. The summed E-state index contributed by atoms with van der Waals surface area (Å²) in [5, 5.41) is 0.973. The van der Waals surface area contributed by atoms with Gasteiger partial charge >= 0.3 is 0 Å². The van der Waals surface area contributed by atoms with Crippen molar-refractivity contribution in [3.05, 3.63) is 12.2 Å². The fraction of sp³-hybridized carbons (Fsp3) is 0.800. The van der Waals surface area contributed by atoms with E-state index >= 15 is 0 Å². The van der Waals surface area contributed by atoms with Crippen molar-refractivity contribution in [2.24, 2.45) is 0 Å². The highest BCUT2D eigenvalue weighted by atomic mass is 79.9. The van der Waals surface area contributed by atoms with Crippen molar-refractivity contribution in [3.63, 3.8) is 0 Å². The molecule has 0 atom stereocenters. The monoisotopic (exact) mass is 218 g/mol. The van der Waals surface area contributed by atoms with Crippen molar-refractivity contribution < 1.29 is 0 Å². The predicted molar refractivity (Wildman–Crippen MR) is 56.3 cm³/mol. The molecule has 0 radical (unpaired) electrons. The molecule has 0 spiro atoms. The zero-order chi connectivity index (χ0) is 8.53.